The second-order valence-electron chi connectivity index (χ2n) is 5.81. The van der Waals surface area contributed by atoms with Gasteiger partial charge in [-0.3, -0.25) is 0 Å². The predicted molar refractivity (Wildman–Crippen MR) is 118 cm³/mol. The van der Waals surface area contributed by atoms with E-state index in [0.29, 0.717) is 19.1 Å². The fraction of sp³-hybridized carbons (Fsp3) is 0.316. The van der Waals surface area contributed by atoms with Crippen molar-refractivity contribution >= 4 is 35.6 Å². The molecular formula is C19H27IN4O2. The Morgan fingerprint density at radius 3 is 2.46 bits per heavy atom. The highest BCUT2D eigenvalue weighted by molar-refractivity contribution is 14.0. The molecule has 26 heavy (non-hydrogen) atoms. The molecule has 2 aromatic rings. The summed E-state index contributed by atoms with van der Waals surface area (Å²) in [5, 5.41) is 3.07. The minimum atomic E-state index is 0. The molecule has 0 unspecified atom stereocenters. The van der Waals surface area contributed by atoms with Gasteiger partial charge in [0.05, 0.1) is 13.7 Å². The van der Waals surface area contributed by atoms with E-state index >= 15 is 0 Å². The number of guanidine groups is 1. The molecule has 3 N–H and O–H groups in total. The summed E-state index contributed by atoms with van der Waals surface area (Å²) in [6.07, 6.45) is 0. The maximum atomic E-state index is 5.97. The molecule has 0 atom stereocenters. The van der Waals surface area contributed by atoms with Gasteiger partial charge in [-0.2, -0.15) is 0 Å². The fourth-order valence-electron chi connectivity index (χ4n) is 2.15. The smallest absolute Gasteiger partial charge is 0.193 e. The molecule has 0 saturated carbocycles. The molecule has 0 saturated heterocycles. The Kier molecular flexibility index (Phi) is 9.82. The molecule has 0 heterocycles. The molecule has 0 bridgehead atoms. The van der Waals surface area contributed by atoms with Crippen molar-refractivity contribution in [1.29, 1.82) is 0 Å². The number of nitrogens with zero attached hydrogens (tertiary/aromatic N) is 2. The Hall–Kier alpha value is -2.00. The first-order valence-corrected chi connectivity index (χ1v) is 8.15. The molecule has 0 aromatic heterocycles. The van der Waals surface area contributed by atoms with Crippen LogP contribution in [0.2, 0.25) is 0 Å². The van der Waals surface area contributed by atoms with Gasteiger partial charge in [0, 0.05) is 17.8 Å². The lowest BCUT2D eigenvalue weighted by molar-refractivity contribution is 0.259. The zero-order valence-corrected chi connectivity index (χ0v) is 17.8. The first-order chi connectivity index (χ1) is 12.1. The quantitative estimate of drug-likeness (QED) is 0.352. The number of likely N-dealkylation sites (N-methyl/N-ethyl adjacent to an activating group) is 1. The Morgan fingerprint density at radius 1 is 1.12 bits per heavy atom. The maximum absolute atomic E-state index is 5.97. The molecule has 0 aliphatic heterocycles. The number of aliphatic imine (C=N–C) groups is 1. The number of nitrogens with two attached hydrogens (primary N) is 1. The van der Waals surface area contributed by atoms with Crippen molar-refractivity contribution in [2.45, 2.75) is 6.54 Å². The Labute approximate surface area is 172 Å². The highest BCUT2D eigenvalue weighted by atomic mass is 127. The molecule has 0 amide bonds. The van der Waals surface area contributed by atoms with Crippen LogP contribution in [0.4, 0.5) is 5.69 Å². The minimum Gasteiger partial charge on any atom is -0.497 e. The third-order valence-corrected chi connectivity index (χ3v) is 3.55. The van der Waals surface area contributed by atoms with Crippen LogP contribution in [0.1, 0.15) is 5.56 Å². The monoisotopic (exact) mass is 470 g/mol. The molecule has 2 rings (SSSR count). The molecule has 7 heteroatoms. The van der Waals surface area contributed by atoms with Crippen molar-refractivity contribution in [2.75, 3.05) is 39.7 Å². The largest absolute Gasteiger partial charge is 0.497 e. The van der Waals surface area contributed by atoms with Crippen molar-refractivity contribution in [3.63, 3.8) is 0 Å². The SMILES string of the molecule is COc1ccc(NC(N)=NCc2ccccc2OCCN(C)C)cc1.I. The molecule has 142 valence electrons. The lowest BCUT2D eigenvalue weighted by Gasteiger charge is -2.13. The van der Waals surface area contributed by atoms with E-state index in [1.165, 1.54) is 0 Å². The number of nitrogens with one attached hydrogen (secondary N) is 1. The summed E-state index contributed by atoms with van der Waals surface area (Å²) in [5.41, 5.74) is 7.83. The van der Waals surface area contributed by atoms with Crippen LogP contribution in [0.5, 0.6) is 11.5 Å². The predicted octanol–water partition coefficient (Wildman–Crippen LogP) is 3.18. The highest BCUT2D eigenvalue weighted by Crippen LogP contribution is 2.19. The van der Waals surface area contributed by atoms with Gasteiger partial charge in [-0.1, -0.05) is 18.2 Å². The fourth-order valence-corrected chi connectivity index (χ4v) is 2.15. The first-order valence-electron chi connectivity index (χ1n) is 8.15. The minimum absolute atomic E-state index is 0. The Bertz CT molecular complexity index is 690. The normalized spacial score (nSPS) is 11.0. The zero-order chi connectivity index (χ0) is 18.1. The van der Waals surface area contributed by atoms with Crippen molar-refractivity contribution < 1.29 is 9.47 Å². The summed E-state index contributed by atoms with van der Waals surface area (Å²) in [6.45, 7) is 1.94. The lowest BCUT2D eigenvalue weighted by atomic mass is 10.2. The van der Waals surface area contributed by atoms with E-state index in [0.717, 1.165) is 29.3 Å². The summed E-state index contributed by atoms with van der Waals surface area (Å²) >= 11 is 0. The van der Waals surface area contributed by atoms with Gasteiger partial charge in [0.2, 0.25) is 0 Å². The van der Waals surface area contributed by atoms with Gasteiger partial charge in [0.1, 0.15) is 18.1 Å². The van der Waals surface area contributed by atoms with E-state index in [1.54, 1.807) is 7.11 Å². The molecule has 6 nitrogen and oxygen atoms in total. The van der Waals surface area contributed by atoms with E-state index in [1.807, 2.05) is 62.6 Å². The van der Waals surface area contributed by atoms with Gasteiger partial charge in [-0.25, -0.2) is 4.99 Å². The van der Waals surface area contributed by atoms with Gasteiger partial charge in [0.15, 0.2) is 5.96 Å². The molecular weight excluding hydrogens is 443 g/mol. The van der Waals surface area contributed by atoms with E-state index in [4.69, 9.17) is 15.2 Å². The molecule has 0 fully saturated rings. The zero-order valence-electron chi connectivity index (χ0n) is 15.4. The first kappa shape index (κ1) is 22.0. The highest BCUT2D eigenvalue weighted by Gasteiger charge is 2.03. The van der Waals surface area contributed by atoms with Gasteiger partial charge in [0.25, 0.3) is 0 Å². The van der Waals surface area contributed by atoms with Crippen LogP contribution < -0.4 is 20.5 Å². The van der Waals surface area contributed by atoms with E-state index in [-0.39, 0.29) is 24.0 Å². The van der Waals surface area contributed by atoms with Gasteiger partial charge in [-0.05, 0) is 44.4 Å². The number of rotatable bonds is 8. The van der Waals surface area contributed by atoms with Crippen LogP contribution in [0.3, 0.4) is 0 Å². The van der Waals surface area contributed by atoms with Crippen LogP contribution in [-0.4, -0.2) is 45.2 Å². The standard InChI is InChI=1S/C19H26N4O2.HI/c1-23(2)12-13-25-18-7-5-4-6-15(18)14-21-19(20)22-16-8-10-17(24-3)11-9-16;/h4-11H,12-14H2,1-3H3,(H3,20,21,22);1H. The van der Waals surface area contributed by atoms with Gasteiger partial charge >= 0.3 is 0 Å². The van der Waals surface area contributed by atoms with Crippen molar-refractivity contribution in [1.82, 2.24) is 4.90 Å². The summed E-state index contributed by atoms with van der Waals surface area (Å²) in [6, 6.07) is 15.4. The number of halogens is 1. The number of para-hydroxylation sites is 1. The molecule has 0 aliphatic carbocycles. The van der Waals surface area contributed by atoms with Gasteiger partial charge < -0.3 is 25.4 Å². The molecule has 0 aliphatic rings. The number of benzene rings is 2. The summed E-state index contributed by atoms with van der Waals surface area (Å²) in [4.78, 5) is 6.48. The number of methoxy groups -OCH3 is 1. The number of ether oxygens (including phenoxy) is 2. The second kappa shape index (κ2) is 11.6. The average molecular weight is 470 g/mol. The maximum Gasteiger partial charge on any atom is 0.193 e. The second-order valence-corrected chi connectivity index (χ2v) is 5.81. The Morgan fingerprint density at radius 2 is 1.81 bits per heavy atom. The molecule has 0 spiro atoms. The molecule has 0 radical (unpaired) electrons. The third-order valence-electron chi connectivity index (χ3n) is 3.55. The van der Waals surface area contributed by atoms with Crippen LogP contribution in [-0.2, 0) is 6.54 Å². The van der Waals surface area contributed by atoms with Crippen molar-refractivity contribution in [3.8, 4) is 11.5 Å². The third kappa shape index (κ3) is 7.49. The van der Waals surface area contributed by atoms with Crippen molar-refractivity contribution in [2.24, 2.45) is 10.7 Å². The van der Waals surface area contributed by atoms with Crippen LogP contribution in [0.15, 0.2) is 53.5 Å². The number of anilines is 1. The molecule has 2 aromatic carbocycles. The lowest BCUT2D eigenvalue weighted by Crippen LogP contribution is -2.22. The number of hydrogen-bond donors (Lipinski definition) is 2. The summed E-state index contributed by atoms with van der Waals surface area (Å²) < 4.78 is 11.0. The van der Waals surface area contributed by atoms with Crippen molar-refractivity contribution in [3.05, 3.63) is 54.1 Å². The average Bonchev–Trinajstić information content (AvgIpc) is 2.61. The topological polar surface area (TPSA) is 72.1 Å². The Balaban J connectivity index is 0.00000338. The summed E-state index contributed by atoms with van der Waals surface area (Å²) in [7, 11) is 5.67. The van der Waals surface area contributed by atoms with E-state index < -0.39 is 0 Å². The summed E-state index contributed by atoms with van der Waals surface area (Å²) in [5.74, 6) is 1.99. The van der Waals surface area contributed by atoms with Crippen LogP contribution in [0.25, 0.3) is 0 Å². The van der Waals surface area contributed by atoms with Crippen LogP contribution in [0, 0.1) is 0 Å². The van der Waals surface area contributed by atoms with E-state index in [9.17, 15) is 0 Å². The number of hydrogen-bond acceptors (Lipinski definition) is 4. The van der Waals surface area contributed by atoms with Crippen LogP contribution >= 0.6 is 24.0 Å². The van der Waals surface area contributed by atoms with E-state index in [2.05, 4.69) is 15.2 Å². The van der Waals surface area contributed by atoms with Gasteiger partial charge in [-0.15, -0.1) is 24.0 Å².